The van der Waals surface area contributed by atoms with Crippen molar-refractivity contribution in [2.75, 3.05) is 0 Å². The summed E-state index contributed by atoms with van der Waals surface area (Å²) in [6.45, 7) is 6.36. The quantitative estimate of drug-likeness (QED) is 0.460. The van der Waals surface area contributed by atoms with E-state index in [9.17, 15) is 9.59 Å². The van der Waals surface area contributed by atoms with Gasteiger partial charge in [0.25, 0.3) is 5.91 Å². The average molecular weight is 302 g/mol. The molecule has 1 aromatic carbocycles. The number of rotatable bonds is 7. The van der Waals surface area contributed by atoms with Gasteiger partial charge in [0.05, 0.1) is 0 Å². The Labute approximate surface area is 133 Å². The molecule has 0 aliphatic carbocycles. The number of carbonyl (C=O) groups is 2. The Hall–Kier alpha value is -2.10. The van der Waals surface area contributed by atoms with Crippen LogP contribution in [0.1, 0.15) is 63.5 Å². The largest absolute Gasteiger partial charge is 0.273 e. The molecular weight excluding hydrogens is 276 g/mol. The highest BCUT2D eigenvalue weighted by atomic mass is 16.2. The maximum atomic E-state index is 11.6. The molecule has 120 valence electrons. The van der Waals surface area contributed by atoms with E-state index < -0.39 is 0 Å². The zero-order valence-corrected chi connectivity index (χ0v) is 13.7. The molecule has 4 nitrogen and oxygen atoms in total. The molecule has 2 N–H and O–H groups in total. The second-order valence-electron chi connectivity index (χ2n) is 5.65. The molecule has 0 saturated heterocycles. The van der Waals surface area contributed by atoms with Gasteiger partial charge >= 0.3 is 0 Å². The van der Waals surface area contributed by atoms with Crippen molar-refractivity contribution >= 4 is 17.9 Å². The number of benzene rings is 1. The first-order valence-corrected chi connectivity index (χ1v) is 7.89. The molecule has 1 aromatic rings. The minimum absolute atomic E-state index is 0.156. The summed E-state index contributed by atoms with van der Waals surface area (Å²) in [6, 6.07) is 8.06. The highest BCUT2D eigenvalue weighted by Crippen LogP contribution is 2.15. The van der Waals surface area contributed by atoms with Crippen LogP contribution in [0.15, 0.2) is 30.3 Å². The number of unbranched alkanes of at least 4 members (excludes halogenated alkanes) is 2. The molecule has 0 fully saturated rings. The van der Waals surface area contributed by atoms with Gasteiger partial charge in [-0.15, -0.1) is 0 Å². The number of amides is 2. The van der Waals surface area contributed by atoms with Gasteiger partial charge in [0.1, 0.15) is 0 Å². The van der Waals surface area contributed by atoms with E-state index in [1.165, 1.54) is 11.6 Å². The lowest BCUT2D eigenvalue weighted by Gasteiger charge is -2.05. The fourth-order valence-electron chi connectivity index (χ4n) is 1.93. The fourth-order valence-corrected chi connectivity index (χ4v) is 1.93. The minimum Gasteiger partial charge on any atom is -0.273 e. The van der Waals surface area contributed by atoms with E-state index in [2.05, 4.69) is 43.8 Å². The Morgan fingerprint density at radius 2 is 1.77 bits per heavy atom. The van der Waals surface area contributed by atoms with Gasteiger partial charge in [0.15, 0.2) is 0 Å². The smallest absolute Gasteiger partial charge is 0.262 e. The van der Waals surface area contributed by atoms with Crippen LogP contribution in [-0.2, 0) is 9.59 Å². The molecule has 2 amide bonds. The van der Waals surface area contributed by atoms with Crippen LogP contribution in [0.3, 0.4) is 0 Å². The first-order valence-electron chi connectivity index (χ1n) is 7.89. The molecule has 0 atom stereocenters. The standard InChI is InChI=1S/C18H26N2O2/c1-4-5-6-7-17(21)19-20-18(22)13-10-15-8-11-16(12-9-15)14(2)3/h8-14H,4-7H2,1-3H3,(H,19,21)(H,20,22). The van der Waals surface area contributed by atoms with Crippen LogP contribution in [0.4, 0.5) is 0 Å². The third kappa shape index (κ3) is 7.07. The van der Waals surface area contributed by atoms with Gasteiger partial charge in [0, 0.05) is 12.5 Å². The highest BCUT2D eigenvalue weighted by Gasteiger charge is 2.02. The van der Waals surface area contributed by atoms with E-state index >= 15 is 0 Å². The zero-order chi connectivity index (χ0) is 16.4. The predicted molar refractivity (Wildman–Crippen MR) is 90.0 cm³/mol. The number of hydrazine groups is 1. The molecule has 0 unspecified atom stereocenters. The maximum absolute atomic E-state index is 11.6. The van der Waals surface area contributed by atoms with Crippen molar-refractivity contribution in [2.45, 2.75) is 52.4 Å². The Balaban J connectivity index is 2.36. The van der Waals surface area contributed by atoms with Crippen molar-refractivity contribution in [3.8, 4) is 0 Å². The first-order chi connectivity index (χ1) is 10.5. The van der Waals surface area contributed by atoms with Crippen molar-refractivity contribution in [2.24, 2.45) is 0 Å². The number of carbonyl (C=O) groups excluding carboxylic acids is 2. The molecule has 22 heavy (non-hydrogen) atoms. The fraction of sp³-hybridized carbons (Fsp3) is 0.444. The lowest BCUT2D eigenvalue weighted by Crippen LogP contribution is -2.40. The van der Waals surface area contributed by atoms with Gasteiger partial charge in [-0.2, -0.15) is 0 Å². The topological polar surface area (TPSA) is 58.2 Å². The van der Waals surface area contributed by atoms with Crippen molar-refractivity contribution in [1.82, 2.24) is 10.9 Å². The third-order valence-electron chi connectivity index (χ3n) is 3.36. The summed E-state index contributed by atoms with van der Waals surface area (Å²) in [6.07, 6.45) is 6.51. The number of nitrogens with one attached hydrogen (secondary N) is 2. The molecule has 0 aliphatic heterocycles. The van der Waals surface area contributed by atoms with Gasteiger partial charge in [-0.1, -0.05) is 57.9 Å². The summed E-state index contributed by atoms with van der Waals surface area (Å²) >= 11 is 0. The van der Waals surface area contributed by atoms with Crippen molar-refractivity contribution in [1.29, 1.82) is 0 Å². The molecule has 0 saturated carbocycles. The molecule has 0 radical (unpaired) electrons. The average Bonchev–Trinajstić information content (AvgIpc) is 2.51. The van der Waals surface area contributed by atoms with E-state index in [4.69, 9.17) is 0 Å². The van der Waals surface area contributed by atoms with E-state index in [1.807, 2.05) is 12.1 Å². The van der Waals surface area contributed by atoms with Crippen LogP contribution in [0.25, 0.3) is 6.08 Å². The van der Waals surface area contributed by atoms with Gasteiger partial charge < -0.3 is 0 Å². The summed E-state index contributed by atoms with van der Waals surface area (Å²) in [5.74, 6) is -0.00230. The summed E-state index contributed by atoms with van der Waals surface area (Å²) in [5, 5.41) is 0. The molecule has 0 heterocycles. The van der Waals surface area contributed by atoms with Gasteiger partial charge in [-0.3, -0.25) is 20.4 Å². The Morgan fingerprint density at radius 1 is 1.09 bits per heavy atom. The van der Waals surface area contributed by atoms with E-state index in [-0.39, 0.29) is 11.8 Å². The summed E-state index contributed by atoms with van der Waals surface area (Å²) in [5.41, 5.74) is 7.01. The first kappa shape index (κ1) is 18.0. The monoisotopic (exact) mass is 302 g/mol. The van der Waals surface area contributed by atoms with E-state index in [0.29, 0.717) is 12.3 Å². The zero-order valence-electron chi connectivity index (χ0n) is 13.7. The second-order valence-corrected chi connectivity index (χ2v) is 5.65. The van der Waals surface area contributed by atoms with Gasteiger partial charge in [-0.25, -0.2) is 0 Å². The molecule has 0 bridgehead atoms. The molecule has 0 spiro atoms. The molecule has 0 aromatic heterocycles. The van der Waals surface area contributed by atoms with Crippen molar-refractivity contribution in [3.05, 3.63) is 41.5 Å². The summed E-state index contributed by atoms with van der Waals surface area (Å²) < 4.78 is 0. The van der Waals surface area contributed by atoms with E-state index in [1.54, 1.807) is 6.08 Å². The molecule has 4 heteroatoms. The Bertz CT molecular complexity index is 504. The van der Waals surface area contributed by atoms with Crippen molar-refractivity contribution in [3.63, 3.8) is 0 Å². The SMILES string of the molecule is CCCCCC(=O)NNC(=O)C=Cc1ccc(C(C)C)cc1. The molecular formula is C18H26N2O2. The van der Waals surface area contributed by atoms with Crippen LogP contribution in [0.2, 0.25) is 0 Å². The Kier molecular flexibility index (Phi) is 7.97. The predicted octanol–water partition coefficient (Wildman–Crippen LogP) is 3.55. The van der Waals surface area contributed by atoms with Crippen LogP contribution in [0.5, 0.6) is 0 Å². The van der Waals surface area contributed by atoms with Gasteiger partial charge in [0.2, 0.25) is 5.91 Å². The molecule has 1 rings (SSSR count). The van der Waals surface area contributed by atoms with Crippen LogP contribution in [0, 0.1) is 0 Å². The Morgan fingerprint density at radius 3 is 2.36 bits per heavy atom. The summed E-state index contributed by atoms with van der Waals surface area (Å²) in [4.78, 5) is 23.1. The normalized spacial score (nSPS) is 10.9. The van der Waals surface area contributed by atoms with E-state index in [0.717, 1.165) is 24.8 Å². The van der Waals surface area contributed by atoms with Crippen LogP contribution >= 0.6 is 0 Å². The summed E-state index contributed by atoms with van der Waals surface area (Å²) in [7, 11) is 0. The highest BCUT2D eigenvalue weighted by molar-refractivity contribution is 5.93. The maximum Gasteiger partial charge on any atom is 0.262 e. The number of hydrogen-bond donors (Lipinski definition) is 2. The van der Waals surface area contributed by atoms with Gasteiger partial charge in [-0.05, 0) is 29.5 Å². The van der Waals surface area contributed by atoms with Crippen LogP contribution < -0.4 is 10.9 Å². The lowest BCUT2D eigenvalue weighted by molar-refractivity contribution is -0.126. The number of hydrogen-bond acceptors (Lipinski definition) is 2. The molecule has 0 aliphatic rings. The minimum atomic E-state index is -0.336. The van der Waals surface area contributed by atoms with Crippen molar-refractivity contribution < 1.29 is 9.59 Å². The lowest BCUT2D eigenvalue weighted by atomic mass is 10.0. The third-order valence-corrected chi connectivity index (χ3v) is 3.36. The second kappa shape index (κ2) is 9.77. The van der Waals surface area contributed by atoms with Crippen LogP contribution in [-0.4, -0.2) is 11.8 Å².